The monoisotopic (exact) mass is 300 g/mol. The molecule has 0 aromatic heterocycles. The lowest BCUT2D eigenvalue weighted by Gasteiger charge is -2.40. The predicted octanol–water partition coefficient (Wildman–Crippen LogP) is 1.10. The van der Waals surface area contributed by atoms with Gasteiger partial charge in [-0.1, -0.05) is 13.3 Å². The van der Waals surface area contributed by atoms with Gasteiger partial charge in [-0.2, -0.15) is 0 Å². The Morgan fingerprint density at radius 1 is 1.38 bits per heavy atom. The summed E-state index contributed by atoms with van der Waals surface area (Å²) in [7, 11) is 1.60. The van der Waals surface area contributed by atoms with Crippen LogP contribution in [-0.2, 0) is 14.3 Å². The van der Waals surface area contributed by atoms with Gasteiger partial charge >= 0.3 is 5.97 Å². The van der Waals surface area contributed by atoms with E-state index in [-0.39, 0.29) is 11.9 Å². The van der Waals surface area contributed by atoms with Crippen molar-refractivity contribution in [3.8, 4) is 0 Å². The standard InChI is InChI=1S/C15H28N2O4/c1-4-5-15(14(19)20)6-9-17(10-7-15)12(2)13(18)16-8-11-21-3/h12H,4-11H2,1-3H3,(H,16,18)(H,19,20). The molecule has 0 bridgehead atoms. The van der Waals surface area contributed by atoms with Gasteiger partial charge in [-0.3, -0.25) is 14.5 Å². The first kappa shape index (κ1) is 17.9. The van der Waals surface area contributed by atoms with E-state index in [1.807, 2.05) is 13.8 Å². The number of methoxy groups -OCH3 is 1. The first-order valence-electron chi connectivity index (χ1n) is 7.71. The second-order valence-corrected chi connectivity index (χ2v) is 5.83. The van der Waals surface area contributed by atoms with Crippen molar-refractivity contribution >= 4 is 11.9 Å². The van der Waals surface area contributed by atoms with Gasteiger partial charge < -0.3 is 15.2 Å². The van der Waals surface area contributed by atoms with Crippen LogP contribution in [0.3, 0.4) is 0 Å². The van der Waals surface area contributed by atoms with E-state index < -0.39 is 11.4 Å². The van der Waals surface area contributed by atoms with Gasteiger partial charge in [0.1, 0.15) is 0 Å². The summed E-state index contributed by atoms with van der Waals surface area (Å²) in [5, 5.41) is 12.3. The fraction of sp³-hybridized carbons (Fsp3) is 0.867. The highest BCUT2D eigenvalue weighted by Crippen LogP contribution is 2.36. The van der Waals surface area contributed by atoms with Crippen LogP contribution in [0.5, 0.6) is 0 Å². The topological polar surface area (TPSA) is 78.9 Å². The Balaban J connectivity index is 2.51. The lowest BCUT2D eigenvalue weighted by atomic mass is 9.75. The third-order valence-corrected chi connectivity index (χ3v) is 4.47. The normalized spacial score (nSPS) is 20.0. The fourth-order valence-electron chi connectivity index (χ4n) is 2.98. The number of carbonyl (C=O) groups excluding carboxylic acids is 1. The van der Waals surface area contributed by atoms with Crippen LogP contribution in [0.1, 0.15) is 39.5 Å². The maximum Gasteiger partial charge on any atom is 0.309 e. The molecule has 1 saturated heterocycles. The highest BCUT2D eigenvalue weighted by Gasteiger charge is 2.41. The molecule has 2 N–H and O–H groups in total. The number of nitrogens with zero attached hydrogens (tertiary/aromatic N) is 1. The number of hydrogen-bond acceptors (Lipinski definition) is 4. The lowest BCUT2D eigenvalue weighted by molar-refractivity contribution is -0.153. The van der Waals surface area contributed by atoms with Crippen molar-refractivity contribution in [2.24, 2.45) is 5.41 Å². The van der Waals surface area contributed by atoms with E-state index in [0.717, 1.165) is 6.42 Å². The zero-order chi connectivity index (χ0) is 15.9. The smallest absolute Gasteiger partial charge is 0.309 e. The number of carbonyl (C=O) groups is 2. The largest absolute Gasteiger partial charge is 0.481 e. The van der Waals surface area contributed by atoms with Gasteiger partial charge in [0.2, 0.25) is 5.91 Å². The van der Waals surface area contributed by atoms with Crippen LogP contribution in [0.25, 0.3) is 0 Å². The van der Waals surface area contributed by atoms with Gasteiger partial charge in [0.05, 0.1) is 18.1 Å². The number of nitrogens with one attached hydrogen (secondary N) is 1. The molecule has 1 amide bonds. The molecule has 1 heterocycles. The number of aliphatic carboxylic acids is 1. The van der Waals surface area contributed by atoms with Gasteiger partial charge in [0.15, 0.2) is 0 Å². The van der Waals surface area contributed by atoms with E-state index in [4.69, 9.17) is 4.74 Å². The molecule has 0 aliphatic carbocycles. The summed E-state index contributed by atoms with van der Waals surface area (Å²) in [6, 6.07) is -0.227. The van der Waals surface area contributed by atoms with E-state index in [2.05, 4.69) is 10.2 Å². The van der Waals surface area contributed by atoms with E-state index in [1.165, 1.54) is 0 Å². The quantitative estimate of drug-likeness (QED) is 0.656. The van der Waals surface area contributed by atoms with Crippen molar-refractivity contribution in [3.63, 3.8) is 0 Å². The molecule has 1 unspecified atom stereocenters. The van der Waals surface area contributed by atoms with Gasteiger partial charge in [-0.15, -0.1) is 0 Å². The van der Waals surface area contributed by atoms with Crippen LogP contribution in [0.4, 0.5) is 0 Å². The second-order valence-electron chi connectivity index (χ2n) is 5.83. The Morgan fingerprint density at radius 3 is 2.48 bits per heavy atom. The van der Waals surface area contributed by atoms with Crippen LogP contribution in [0.2, 0.25) is 0 Å². The van der Waals surface area contributed by atoms with Crippen molar-refractivity contribution < 1.29 is 19.4 Å². The van der Waals surface area contributed by atoms with E-state index in [1.54, 1.807) is 7.11 Å². The Bertz CT molecular complexity index is 352. The number of rotatable bonds is 8. The minimum atomic E-state index is -0.693. The molecular weight excluding hydrogens is 272 g/mol. The third-order valence-electron chi connectivity index (χ3n) is 4.47. The predicted molar refractivity (Wildman–Crippen MR) is 80.1 cm³/mol. The summed E-state index contributed by atoms with van der Waals surface area (Å²) in [4.78, 5) is 25.6. The van der Waals surface area contributed by atoms with Crippen LogP contribution < -0.4 is 5.32 Å². The van der Waals surface area contributed by atoms with Crippen LogP contribution in [0.15, 0.2) is 0 Å². The first-order valence-corrected chi connectivity index (χ1v) is 7.71. The number of piperidine rings is 1. The number of carboxylic acids is 1. The maximum atomic E-state index is 12.0. The fourth-order valence-corrected chi connectivity index (χ4v) is 2.98. The molecule has 122 valence electrons. The summed E-state index contributed by atoms with van der Waals surface area (Å²) in [5.74, 6) is -0.716. The van der Waals surface area contributed by atoms with Gasteiger partial charge in [-0.05, 0) is 26.2 Å². The van der Waals surface area contributed by atoms with Crippen molar-refractivity contribution in [3.05, 3.63) is 0 Å². The third kappa shape index (κ3) is 4.68. The first-order chi connectivity index (χ1) is 9.96. The van der Waals surface area contributed by atoms with E-state index >= 15 is 0 Å². The number of likely N-dealkylation sites (tertiary alicyclic amines) is 1. The molecule has 0 radical (unpaired) electrons. The zero-order valence-electron chi connectivity index (χ0n) is 13.4. The number of amides is 1. The molecule has 1 rings (SSSR count). The zero-order valence-corrected chi connectivity index (χ0v) is 13.4. The minimum Gasteiger partial charge on any atom is -0.481 e. The average molecular weight is 300 g/mol. The highest BCUT2D eigenvalue weighted by molar-refractivity contribution is 5.81. The Kier molecular flexibility index (Phi) is 7.11. The van der Waals surface area contributed by atoms with E-state index in [0.29, 0.717) is 45.5 Å². The lowest BCUT2D eigenvalue weighted by Crippen LogP contribution is -2.52. The Morgan fingerprint density at radius 2 is 2.00 bits per heavy atom. The minimum absolute atomic E-state index is 0.0228. The van der Waals surface area contributed by atoms with Crippen LogP contribution in [-0.4, -0.2) is 61.3 Å². The number of hydrogen-bond donors (Lipinski definition) is 2. The number of ether oxygens (including phenoxy) is 1. The van der Waals surface area contributed by atoms with Crippen molar-refractivity contribution in [2.75, 3.05) is 33.4 Å². The van der Waals surface area contributed by atoms with Gasteiger partial charge in [-0.25, -0.2) is 0 Å². The van der Waals surface area contributed by atoms with Crippen LogP contribution in [0, 0.1) is 5.41 Å². The summed E-state index contributed by atoms with van der Waals surface area (Å²) < 4.78 is 4.90. The van der Waals surface area contributed by atoms with Crippen molar-refractivity contribution in [1.29, 1.82) is 0 Å². The molecule has 0 saturated carbocycles. The Labute approximate surface area is 126 Å². The van der Waals surface area contributed by atoms with Crippen LogP contribution >= 0.6 is 0 Å². The summed E-state index contributed by atoms with van der Waals surface area (Å²) in [6.07, 6.45) is 2.82. The second kappa shape index (κ2) is 8.34. The molecule has 1 fully saturated rings. The molecule has 6 heteroatoms. The van der Waals surface area contributed by atoms with Crippen molar-refractivity contribution in [2.45, 2.75) is 45.6 Å². The molecule has 21 heavy (non-hydrogen) atoms. The summed E-state index contributed by atoms with van der Waals surface area (Å²) in [6.45, 7) is 6.20. The molecule has 0 aromatic rings. The molecule has 1 aliphatic heterocycles. The van der Waals surface area contributed by atoms with E-state index in [9.17, 15) is 14.7 Å². The van der Waals surface area contributed by atoms with Crippen molar-refractivity contribution in [1.82, 2.24) is 10.2 Å². The summed E-state index contributed by atoms with van der Waals surface area (Å²) in [5.41, 5.74) is -0.600. The molecule has 1 atom stereocenters. The van der Waals surface area contributed by atoms with Gasteiger partial charge in [0, 0.05) is 26.7 Å². The molecule has 0 aromatic carbocycles. The summed E-state index contributed by atoms with van der Waals surface area (Å²) >= 11 is 0. The molecule has 0 spiro atoms. The molecular formula is C15H28N2O4. The maximum absolute atomic E-state index is 12.0. The number of carboxylic acid groups (broad SMARTS) is 1. The molecule has 1 aliphatic rings. The SMILES string of the molecule is CCCC1(C(=O)O)CCN(C(C)C(=O)NCCOC)CC1. The Hall–Kier alpha value is -1.14. The molecule has 6 nitrogen and oxygen atoms in total. The average Bonchev–Trinajstić information content (AvgIpc) is 2.47. The van der Waals surface area contributed by atoms with Gasteiger partial charge in [0.25, 0.3) is 0 Å². The highest BCUT2D eigenvalue weighted by atomic mass is 16.5.